The Morgan fingerprint density at radius 1 is 1.21 bits per heavy atom. The van der Waals surface area contributed by atoms with Gasteiger partial charge in [0.25, 0.3) is 0 Å². The van der Waals surface area contributed by atoms with Crippen molar-refractivity contribution in [3.05, 3.63) is 56.5 Å². The Kier molecular flexibility index (Phi) is 4.27. The van der Waals surface area contributed by atoms with Crippen molar-refractivity contribution in [2.24, 2.45) is 0 Å². The molecule has 0 fully saturated rings. The van der Waals surface area contributed by atoms with Gasteiger partial charge in [-0.25, -0.2) is 0 Å². The molecule has 0 atom stereocenters. The lowest BCUT2D eigenvalue weighted by atomic mass is 10.1. The smallest absolute Gasteiger partial charge is 0.155 e. The summed E-state index contributed by atoms with van der Waals surface area (Å²) < 4.78 is 6.82. The van der Waals surface area contributed by atoms with Crippen LogP contribution in [0.2, 0.25) is 5.02 Å². The van der Waals surface area contributed by atoms with E-state index >= 15 is 0 Å². The Morgan fingerprint density at radius 3 is 2.42 bits per heavy atom. The molecule has 2 aromatic carbocycles. The number of hydrogen-bond donors (Lipinski definition) is 0. The topological polar surface area (TPSA) is 26.3 Å². The van der Waals surface area contributed by atoms with Crippen LogP contribution in [0.3, 0.4) is 0 Å². The van der Waals surface area contributed by atoms with Gasteiger partial charge in [0.1, 0.15) is 11.5 Å². The zero-order chi connectivity index (χ0) is 14.0. The maximum Gasteiger partial charge on any atom is 0.155 e. The fourth-order valence-corrected chi connectivity index (χ4v) is 2.25. The molecule has 2 rings (SSSR count). The van der Waals surface area contributed by atoms with E-state index in [9.17, 15) is 4.79 Å². The standard InChI is InChI=1S/C15H12BrClO2/c1-9-6-11(7-10(2)15(9)16)19-14-5-3-4-13(17)12(14)8-18/h3-8H,1-2H3. The van der Waals surface area contributed by atoms with E-state index in [4.69, 9.17) is 16.3 Å². The third-order valence-corrected chi connectivity index (χ3v) is 4.35. The number of hydrogen-bond acceptors (Lipinski definition) is 2. The van der Waals surface area contributed by atoms with E-state index in [0.29, 0.717) is 28.4 Å². The lowest BCUT2D eigenvalue weighted by Gasteiger charge is -2.11. The van der Waals surface area contributed by atoms with Crippen LogP contribution in [-0.4, -0.2) is 6.29 Å². The SMILES string of the molecule is Cc1cc(Oc2cccc(Cl)c2C=O)cc(C)c1Br. The van der Waals surface area contributed by atoms with Crippen molar-refractivity contribution < 1.29 is 9.53 Å². The summed E-state index contributed by atoms with van der Waals surface area (Å²) in [6, 6.07) is 8.96. The lowest BCUT2D eigenvalue weighted by molar-refractivity contribution is 0.112. The number of halogens is 2. The van der Waals surface area contributed by atoms with Gasteiger partial charge in [-0.3, -0.25) is 4.79 Å². The number of carbonyl (C=O) groups excluding carboxylic acids is 1. The molecule has 4 heteroatoms. The molecule has 0 heterocycles. The summed E-state index contributed by atoms with van der Waals surface area (Å²) in [7, 11) is 0. The molecule has 98 valence electrons. The molecule has 2 aromatic rings. The fourth-order valence-electron chi connectivity index (χ4n) is 1.81. The molecular formula is C15H12BrClO2. The van der Waals surface area contributed by atoms with Crippen molar-refractivity contribution in [3.63, 3.8) is 0 Å². The molecule has 0 unspecified atom stereocenters. The van der Waals surface area contributed by atoms with Crippen molar-refractivity contribution in [1.29, 1.82) is 0 Å². The summed E-state index contributed by atoms with van der Waals surface area (Å²) in [5.41, 5.74) is 2.51. The Hall–Kier alpha value is -1.32. The molecule has 0 aliphatic carbocycles. The normalized spacial score (nSPS) is 10.3. The number of aldehydes is 1. The maximum atomic E-state index is 11.1. The predicted octanol–water partition coefficient (Wildman–Crippen LogP) is 5.32. The Balaban J connectivity index is 2.42. The van der Waals surface area contributed by atoms with Crippen LogP contribution in [0, 0.1) is 13.8 Å². The van der Waals surface area contributed by atoms with E-state index in [0.717, 1.165) is 15.6 Å². The molecule has 0 spiro atoms. The number of ether oxygens (including phenoxy) is 1. The summed E-state index contributed by atoms with van der Waals surface area (Å²) in [6.45, 7) is 3.98. The minimum absolute atomic E-state index is 0.363. The van der Waals surface area contributed by atoms with Crippen LogP contribution in [0.25, 0.3) is 0 Å². The van der Waals surface area contributed by atoms with Crippen molar-refractivity contribution in [1.82, 2.24) is 0 Å². The van der Waals surface area contributed by atoms with E-state index in [1.807, 2.05) is 26.0 Å². The van der Waals surface area contributed by atoms with Gasteiger partial charge in [-0.1, -0.05) is 33.6 Å². The van der Waals surface area contributed by atoms with E-state index < -0.39 is 0 Å². The molecule has 19 heavy (non-hydrogen) atoms. The summed E-state index contributed by atoms with van der Waals surface area (Å²) in [6.07, 6.45) is 0.705. The second kappa shape index (κ2) is 5.76. The van der Waals surface area contributed by atoms with E-state index in [1.165, 1.54) is 0 Å². The highest BCUT2D eigenvalue weighted by Gasteiger charge is 2.10. The van der Waals surface area contributed by atoms with Gasteiger partial charge in [-0.15, -0.1) is 0 Å². The molecule has 0 saturated carbocycles. The summed E-state index contributed by atoms with van der Waals surface area (Å²) >= 11 is 9.47. The van der Waals surface area contributed by atoms with Gasteiger partial charge in [0.2, 0.25) is 0 Å². The molecule has 0 N–H and O–H groups in total. The van der Waals surface area contributed by atoms with Crippen LogP contribution in [0.15, 0.2) is 34.8 Å². The Morgan fingerprint density at radius 2 is 1.84 bits per heavy atom. The molecule has 0 saturated heterocycles. The maximum absolute atomic E-state index is 11.1. The van der Waals surface area contributed by atoms with Gasteiger partial charge in [0, 0.05) is 4.47 Å². The summed E-state index contributed by atoms with van der Waals surface area (Å²) in [5, 5.41) is 0.387. The minimum Gasteiger partial charge on any atom is -0.457 e. The monoisotopic (exact) mass is 338 g/mol. The summed E-state index contributed by atoms with van der Waals surface area (Å²) in [5.74, 6) is 1.15. The highest BCUT2D eigenvalue weighted by molar-refractivity contribution is 9.10. The number of rotatable bonds is 3. The van der Waals surface area contributed by atoms with E-state index in [-0.39, 0.29) is 0 Å². The first kappa shape index (κ1) is 14.1. The third kappa shape index (κ3) is 2.99. The van der Waals surface area contributed by atoms with Gasteiger partial charge < -0.3 is 4.74 Å². The molecule has 0 aliphatic rings. The molecule has 0 radical (unpaired) electrons. The number of aryl methyl sites for hydroxylation is 2. The zero-order valence-electron chi connectivity index (χ0n) is 10.5. The molecule has 0 bridgehead atoms. The zero-order valence-corrected chi connectivity index (χ0v) is 12.9. The molecule has 0 aliphatic heterocycles. The van der Waals surface area contributed by atoms with Gasteiger partial charge in [0.15, 0.2) is 6.29 Å². The predicted molar refractivity (Wildman–Crippen MR) is 80.5 cm³/mol. The minimum atomic E-state index is 0.363. The number of benzene rings is 2. The van der Waals surface area contributed by atoms with Crippen LogP contribution in [0.5, 0.6) is 11.5 Å². The molecule has 0 aromatic heterocycles. The first-order chi connectivity index (χ1) is 9.02. The van der Waals surface area contributed by atoms with Crippen LogP contribution in [0.1, 0.15) is 21.5 Å². The first-order valence-electron chi connectivity index (χ1n) is 5.71. The van der Waals surface area contributed by atoms with E-state index in [2.05, 4.69) is 15.9 Å². The first-order valence-corrected chi connectivity index (χ1v) is 6.88. The second-order valence-corrected chi connectivity index (χ2v) is 5.44. The van der Waals surface area contributed by atoms with Crippen LogP contribution in [-0.2, 0) is 0 Å². The van der Waals surface area contributed by atoms with Crippen molar-refractivity contribution in [2.45, 2.75) is 13.8 Å². The molecular weight excluding hydrogens is 328 g/mol. The van der Waals surface area contributed by atoms with Gasteiger partial charge >= 0.3 is 0 Å². The Bertz CT molecular complexity index is 615. The van der Waals surface area contributed by atoms with Gasteiger partial charge in [-0.2, -0.15) is 0 Å². The fraction of sp³-hybridized carbons (Fsp3) is 0.133. The van der Waals surface area contributed by atoms with E-state index in [1.54, 1.807) is 18.2 Å². The van der Waals surface area contributed by atoms with Crippen LogP contribution < -0.4 is 4.74 Å². The largest absolute Gasteiger partial charge is 0.457 e. The second-order valence-electron chi connectivity index (χ2n) is 4.24. The van der Waals surface area contributed by atoms with Crippen LogP contribution >= 0.6 is 27.5 Å². The highest BCUT2D eigenvalue weighted by atomic mass is 79.9. The lowest BCUT2D eigenvalue weighted by Crippen LogP contribution is -1.93. The Labute approximate surface area is 125 Å². The van der Waals surface area contributed by atoms with Crippen LogP contribution in [0.4, 0.5) is 0 Å². The van der Waals surface area contributed by atoms with Gasteiger partial charge in [-0.05, 0) is 49.2 Å². The van der Waals surface area contributed by atoms with Gasteiger partial charge in [0.05, 0.1) is 10.6 Å². The average Bonchev–Trinajstić information content (AvgIpc) is 2.36. The third-order valence-electron chi connectivity index (χ3n) is 2.77. The van der Waals surface area contributed by atoms with Crippen molar-refractivity contribution in [3.8, 4) is 11.5 Å². The van der Waals surface area contributed by atoms with Crippen molar-refractivity contribution in [2.75, 3.05) is 0 Å². The number of carbonyl (C=O) groups is 1. The summed E-state index contributed by atoms with van der Waals surface area (Å²) in [4.78, 5) is 11.1. The molecule has 2 nitrogen and oxygen atoms in total. The quantitative estimate of drug-likeness (QED) is 0.707. The highest BCUT2D eigenvalue weighted by Crippen LogP contribution is 2.32. The van der Waals surface area contributed by atoms with Crippen molar-refractivity contribution >= 4 is 33.8 Å². The average molecular weight is 340 g/mol. The molecule has 0 amide bonds.